The second-order valence-electron chi connectivity index (χ2n) is 1.04. The van der Waals surface area contributed by atoms with Crippen LogP contribution < -0.4 is 5.32 Å². The van der Waals surface area contributed by atoms with Crippen LogP contribution in [0.1, 0.15) is 0 Å². The van der Waals surface area contributed by atoms with Gasteiger partial charge in [0.25, 0.3) is 0 Å². The van der Waals surface area contributed by atoms with Gasteiger partial charge in [-0.05, 0) is 6.08 Å². The zero-order valence-electron chi connectivity index (χ0n) is 4.49. The van der Waals surface area contributed by atoms with Crippen LogP contribution in [0, 0.1) is 0 Å². The topological polar surface area (TPSA) is 12.0 Å². The molecular weight excluding hydrogens is 86.1 g/mol. The molecule has 0 fully saturated rings. The van der Waals surface area contributed by atoms with Crippen molar-refractivity contribution in [3.05, 3.63) is 30.7 Å². The predicted octanol–water partition coefficient (Wildman–Crippen LogP) is 1.06. The summed E-state index contributed by atoms with van der Waals surface area (Å²) in [5, 5.41) is 2.83. The Labute approximate surface area is 44.0 Å². The third-order valence-electron chi connectivity index (χ3n) is 0.664. The molecule has 1 N–H and O–H groups in total. The number of hydrogen-bond acceptors (Lipinski definition) is 1. The zero-order valence-corrected chi connectivity index (χ0v) is 4.49. The fraction of sp³-hybridized carbons (Fsp3) is 0.167. The highest BCUT2D eigenvalue weighted by atomic mass is 14.8. The normalized spacial score (nSPS) is 6.43. The van der Waals surface area contributed by atoms with Crippen LogP contribution in [0.5, 0.6) is 0 Å². The molecule has 0 radical (unpaired) electrons. The fourth-order valence-corrected chi connectivity index (χ4v) is 0.263. The van der Waals surface area contributed by atoms with Crippen molar-refractivity contribution in [1.29, 1.82) is 0 Å². The summed E-state index contributed by atoms with van der Waals surface area (Å²) in [5.41, 5.74) is 3.47. The molecule has 7 heavy (non-hydrogen) atoms. The molecule has 0 atom stereocenters. The van der Waals surface area contributed by atoms with Crippen molar-refractivity contribution in [3.63, 3.8) is 0 Å². The maximum atomic E-state index is 3.50. The summed E-state index contributed by atoms with van der Waals surface area (Å²) in [4.78, 5) is 0. The minimum atomic E-state index is 0.833. The van der Waals surface area contributed by atoms with E-state index in [2.05, 4.69) is 24.2 Å². The number of likely N-dealkylation sites (N-methyl/N-ethyl adjacent to an activating group) is 1. The van der Waals surface area contributed by atoms with Crippen molar-refractivity contribution in [1.82, 2.24) is 5.32 Å². The Balaban J connectivity index is 3.86. The summed E-state index contributed by atoms with van der Waals surface area (Å²) in [6.07, 6.45) is 1.66. The molecule has 0 aromatic rings. The number of allylic oxidation sites excluding steroid dienone is 1. The van der Waals surface area contributed by atoms with E-state index in [-0.39, 0.29) is 0 Å². The fourth-order valence-electron chi connectivity index (χ4n) is 0.263. The summed E-state index contributed by atoms with van der Waals surface area (Å²) in [6, 6.07) is 0. The van der Waals surface area contributed by atoms with Crippen LogP contribution in [0.4, 0.5) is 0 Å². The monoisotopic (exact) mass is 95.1 g/mol. The minimum Gasteiger partial charge on any atom is -0.382 e. The first-order valence-electron chi connectivity index (χ1n) is 2.05. The molecule has 0 bridgehead atoms. The van der Waals surface area contributed by atoms with Crippen LogP contribution in [0.15, 0.2) is 30.7 Å². The van der Waals surface area contributed by atoms with E-state index in [4.69, 9.17) is 0 Å². The highest BCUT2D eigenvalue weighted by Gasteiger charge is 1.73. The van der Waals surface area contributed by atoms with Gasteiger partial charge in [0.2, 0.25) is 0 Å². The molecule has 0 aromatic carbocycles. The molecule has 0 amide bonds. The summed E-state index contributed by atoms with van der Waals surface area (Å²) < 4.78 is 0. The Morgan fingerprint density at radius 1 is 1.86 bits per heavy atom. The zero-order chi connectivity index (χ0) is 5.70. The summed E-state index contributed by atoms with van der Waals surface area (Å²) in [5.74, 6) is 0. The van der Waals surface area contributed by atoms with Crippen molar-refractivity contribution in [2.45, 2.75) is 0 Å². The maximum absolute atomic E-state index is 3.50. The lowest BCUT2D eigenvalue weighted by atomic mass is 10.5. The van der Waals surface area contributed by atoms with Gasteiger partial charge in [-0.25, -0.2) is 0 Å². The first-order valence-corrected chi connectivity index (χ1v) is 2.05. The van der Waals surface area contributed by atoms with Crippen LogP contribution in [0.3, 0.4) is 0 Å². The summed E-state index contributed by atoms with van der Waals surface area (Å²) >= 11 is 0. The van der Waals surface area contributed by atoms with Gasteiger partial charge in [0.1, 0.15) is 0 Å². The maximum Gasteiger partial charge on any atom is 0.0758 e. The van der Waals surface area contributed by atoms with Gasteiger partial charge < -0.3 is 5.32 Å². The van der Waals surface area contributed by atoms with Crippen molar-refractivity contribution >= 4 is 0 Å². The van der Waals surface area contributed by atoms with Crippen molar-refractivity contribution < 1.29 is 0 Å². The molecule has 0 unspecified atom stereocenters. The highest BCUT2D eigenvalue weighted by Crippen LogP contribution is 1.79. The van der Waals surface area contributed by atoms with Gasteiger partial charge in [0.15, 0.2) is 0 Å². The quantitative estimate of drug-likeness (QED) is 0.399. The van der Waals surface area contributed by atoms with E-state index in [1.165, 1.54) is 0 Å². The Morgan fingerprint density at radius 2 is 2.43 bits per heavy atom. The molecule has 1 heteroatoms. The predicted molar refractivity (Wildman–Crippen MR) is 31.9 cm³/mol. The highest BCUT2D eigenvalue weighted by molar-refractivity contribution is 5.10. The Morgan fingerprint density at radius 3 is 2.43 bits per heavy atom. The van der Waals surface area contributed by atoms with Gasteiger partial charge in [-0.3, -0.25) is 0 Å². The van der Waals surface area contributed by atoms with Crippen molar-refractivity contribution in [2.75, 3.05) is 7.05 Å². The molecule has 38 valence electrons. The van der Waals surface area contributed by atoms with Gasteiger partial charge in [-0.2, -0.15) is 0 Å². The number of hydrogen-bond donors (Lipinski definition) is 1. The average Bonchev–Trinajstić information content (AvgIpc) is 1.72. The van der Waals surface area contributed by atoms with Crippen LogP contribution in [0.2, 0.25) is 0 Å². The minimum absolute atomic E-state index is 0.833. The Kier molecular flexibility index (Phi) is 2.82. The van der Waals surface area contributed by atoms with Gasteiger partial charge >= 0.3 is 0 Å². The lowest BCUT2D eigenvalue weighted by Gasteiger charge is -1.90. The average molecular weight is 95.1 g/mol. The Bertz CT molecular complexity index is 107. The van der Waals surface area contributed by atoms with Crippen LogP contribution in [-0.4, -0.2) is 7.05 Å². The number of nitrogens with one attached hydrogen (secondary N) is 1. The van der Waals surface area contributed by atoms with E-state index in [1.807, 2.05) is 0 Å². The van der Waals surface area contributed by atoms with E-state index >= 15 is 0 Å². The molecule has 0 rings (SSSR count). The molecular formula is C6H9N. The summed E-state index contributed by atoms with van der Waals surface area (Å²) in [6.45, 7) is 6.91. The van der Waals surface area contributed by atoms with Crippen LogP contribution in [0.25, 0.3) is 0 Å². The Hall–Kier alpha value is -0.940. The van der Waals surface area contributed by atoms with E-state index in [1.54, 1.807) is 13.1 Å². The van der Waals surface area contributed by atoms with Gasteiger partial charge in [0.05, 0.1) is 5.70 Å². The second-order valence-corrected chi connectivity index (χ2v) is 1.04. The van der Waals surface area contributed by atoms with Crippen molar-refractivity contribution in [3.8, 4) is 0 Å². The second kappa shape index (κ2) is 3.26. The smallest absolute Gasteiger partial charge is 0.0758 e. The van der Waals surface area contributed by atoms with Crippen LogP contribution in [-0.2, 0) is 0 Å². The molecule has 0 saturated heterocycles. The third kappa shape index (κ3) is 1.85. The SMILES string of the molecule is C=C=C(C=C)NC. The molecule has 0 aromatic heterocycles. The van der Waals surface area contributed by atoms with E-state index < -0.39 is 0 Å². The molecule has 0 heterocycles. The van der Waals surface area contributed by atoms with E-state index in [0.717, 1.165) is 5.70 Å². The largest absolute Gasteiger partial charge is 0.382 e. The molecule has 0 aliphatic heterocycles. The standard InChI is InChI=1S/C6H9N/c1-4-6(5-2)7-3/h4,7H,1-2H2,3H3. The van der Waals surface area contributed by atoms with E-state index in [0.29, 0.717) is 0 Å². The third-order valence-corrected chi connectivity index (χ3v) is 0.664. The molecule has 0 aliphatic rings. The van der Waals surface area contributed by atoms with Crippen molar-refractivity contribution in [2.24, 2.45) is 0 Å². The molecule has 0 spiro atoms. The molecule has 0 saturated carbocycles. The summed E-state index contributed by atoms with van der Waals surface area (Å²) in [7, 11) is 1.80. The van der Waals surface area contributed by atoms with Gasteiger partial charge in [-0.15, -0.1) is 5.73 Å². The molecule has 0 aliphatic carbocycles. The first-order chi connectivity index (χ1) is 3.35. The van der Waals surface area contributed by atoms with Crippen LogP contribution >= 0.6 is 0 Å². The van der Waals surface area contributed by atoms with E-state index in [9.17, 15) is 0 Å². The molecule has 1 nitrogen and oxygen atoms in total. The van der Waals surface area contributed by atoms with Gasteiger partial charge in [-0.1, -0.05) is 13.2 Å². The number of rotatable bonds is 2. The lowest BCUT2D eigenvalue weighted by molar-refractivity contribution is 1.04. The van der Waals surface area contributed by atoms with Gasteiger partial charge in [0, 0.05) is 7.05 Å². The first kappa shape index (κ1) is 6.06. The lowest BCUT2D eigenvalue weighted by Crippen LogP contribution is -2.00.